The highest BCUT2D eigenvalue weighted by Crippen LogP contribution is 2.35. The van der Waals surface area contributed by atoms with Gasteiger partial charge in [0.2, 0.25) is 10.0 Å². The summed E-state index contributed by atoms with van der Waals surface area (Å²) in [5.74, 6) is 0.353. The molecule has 0 aliphatic carbocycles. The van der Waals surface area contributed by atoms with Crippen molar-refractivity contribution in [2.45, 2.75) is 38.0 Å². The Kier molecular flexibility index (Phi) is 9.34. The van der Waals surface area contributed by atoms with Gasteiger partial charge in [0, 0.05) is 43.5 Å². The molecular weight excluding hydrogens is 603 g/mol. The molecule has 232 valence electrons. The summed E-state index contributed by atoms with van der Waals surface area (Å²) < 4.78 is 29.9. The summed E-state index contributed by atoms with van der Waals surface area (Å²) >= 11 is 1.40. The Labute approximate surface area is 269 Å². The average Bonchev–Trinajstić information content (AvgIpc) is 3.66. The molecule has 45 heavy (non-hydrogen) atoms. The van der Waals surface area contributed by atoms with E-state index in [2.05, 4.69) is 34.2 Å². The van der Waals surface area contributed by atoms with E-state index in [0.717, 1.165) is 43.2 Å². The number of para-hydroxylation sites is 1. The van der Waals surface area contributed by atoms with Crippen molar-refractivity contribution >= 4 is 38.9 Å². The number of amidine groups is 1. The minimum absolute atomic E-state index is 0.212. The molecule has 0 radical (unpaired) electrons. The molecule has 1 fully saturated rings. The predicted molar refractivity (Wildman–Crippen MR) is 182 cm³/mol. The lowest BCUT2D eigenvalue weighted by Gasteiger charge is -2.32. The Hall–Kier alpha value is -3.99. The van der Waals surface area contributed by atoms with Gasteiger partial charge in [0.15, 0.2) is 5.17 Å². The van der Waals surface area contributed by atoms with E-state index < -0.39 is 10.0 Å². The number of hydrogen-bond acceptors (Lipinski definition) is 6. The number of rotatable bonds is 9. The van der Waals surface area contributed by atoms with Crippen LogP contribution in [-0.2, 0) is 21.2 Å². The van der Waals surface area contributed by atoms with Crippen molar-refractivity contribution in [3.8, 4) is 16.9 Å². The normalized spacial score (nSPS) is 17.0. The first-order chi connectivity index (χ1) is 21.9. The van der Waals surface area contributed by atoms with Crippen LogP contribution >= 0.6 is 11.8 Å². The van der Waals surface area contributed by atoms with Gasteiger partial charge in [-0.2, -0.15) is 14.4 Å². The van der Waals surface area contributed by atoms with E-state index in [0.29, 0.717) is 40.7 Å². The van der Waals surface area contributed by atoms with Crippen molar-refractivity contribution in [2.75, 3.05) is 26.2 Å². The lowest BCUT2D eigenvalue weighted by Crippen LogP contribution is -2.37. The molecule has 0 atom stereocenters. The van der Waals surface area contributed by atoms with Crippen molar-refractivity contribution in [3.05, 3.63) is 107 Å². The van der Waals surface area contributed by atoms with Crippen molar-refractivity contribution in [1.29, 1.82) is 0 Å². The average molecular weight is 640 g/mol. The van der Waals surface area contributed by atoms with E-state index in [-0.39, 0.29) is 10.8 Å². The molecule has 2 aliphatic rings. The smallest absolute Gasteiger partial charge is 0.286 e. The van der Waals surface area contributed by atoms with E-state index in [1.165, 1.54) is 21.6 Å². The van der Waals surface area contributed by atoms with E-state index in [1.807, 2.05) is 68.6 Å². The van der Waals surface area contributed by atoms with Gasteiger partial charge in [-0.25, -0.2) is 13.1 Å². The molecule has 2 aliphatic heterocycles. The third kappa shape index (κ3) is 6.83. The maximum atomic E-state index is 13.3. The molecule has 8 nitrogen and oxygen atoms in total. The highest BCUT2D eigenvalue weighted by Gasteiger charge is 2.30. The fourth-order valence-corrected chi connectivity index (χ4v) is 8.36. The second-order valence-electron chi connectivity index (χ2n) is 11.3. The maximum Gasteiger partial charge on any atom is 0.286 e. The summed E-state index contributed by atoms with van der Waals surface area (Å²) in [6.07, 6.45) is 6.90. The summed E-state index contributed by atoms with van der Waals surface area (Å²) in [7, 11) is -3.66. The molecule has 3 aromatic carbocycles. The Bertz CT molecular complexity index is 1820. The van der Waals surface area contributed by atoms with Gasteiger partial charge < -0.3 is 4.90 Å². The molecule has 0 N–H and O–H groups in total. The zero-order valence-electron chi connectivity index (χ0n) is 25.5. The summed E-state index contributed by atoms with van der Waals surface area (Å²) in [6.45, 7) is 6.17. The number of carbonyl (C=O) groups is 1. The summed E-state index contributed by atoms with van der Waals surface area (Å²) in [5.41, 5.74) is 4.18. The first-order valence-electron chi connectivity index (χ1n) is 15.4. The molecule has 4 aromatic rings. The van der Waals surface area contributed by atoms with E-state index in [1.54, 1.807) is 22.9 Å². The minimum Gasteiger partial charge on any atom is -0.351 e. The SMILES string of the molecule is CCN(CC)S(=O)(=O)c1cccc(-c2nn(-c3ccccc3)cc2C=C2SC(N3CCC(Cc4ccccc4)CC3)=NC2=O)c1. The predicted octanol–water partition coefficient (Wildman–Crippen LogP) is 6.49. The van der Waals surface area contributed by atoms with Crippen molar-refractivity contribution < 1.29 is 13.2 Å². The van der Waals surface area contributed by atoms with Crippen LogP contribution < -0.4 is 0 Å². The number of likely N-dealkylation sites (tertiary alicyclic amines) is 1. The maximum absolute atomic E-state index is 13.3. The number of piperidine rings is 1. The van der Waals surface area contributed by atoms with Gasteiger partial charge in [-0.15, -0.1) is 0 Å². The van der Waals surface area contributed by atoms with Gasteiger partial charge in [-0.3, -0.25) is 4.79 Å². The van der Waals surface area contributed by atoms with Crippen LogP contribution in [0.25, 0.3) is 23.0 Å². The number of nitrogens with zero attached hydrogens (tertiary/aromatic N) is 5. The van der Waals surface area contributed by atoms with Crippen molar-refractivity contribution in [1.82, 2.24) is 19.0 Å². The number of amides is 1. The molecule has 0 spiro atoms. The first-order valence-corrected chi connectivity index (χ1v) is 17.7. The summed E-state index contributed by atoms with van der Waals surface area (Å²) in [5, 5.41) is 5.62. The van der Waals surface area contributed by atoms with Crippen LogP contribution in [0.5, 0.6) is 0 Å². The summed E-state index contributed by atoms with van der Waals surface area (Å²) in [6, 6.07) is 27.2. The standard InChI is InChI=1S/C35H37N5O3S2/c1-3-39(4-2)45(42,43)31-17-11-14-28(23-31)33-29(25-40(37-33)30-15-9-6-10-16-30)24-32-34(41)36-35(44-32)38-20-18-27(19-21-38)22-26-12-7-5-8-13-26/h5-17,23-25,27H,3-4,18-22H2,1-2H3. The van der Waals surface area contributed by atoms with Gasteiger partial charge in [0.1, 0.15) is 5.69 Å². The Morgan fingerprint density at radius 2 is 1.62 bits per heavy atom. The molecule has 10 heteroatoms. The van der Waals surface area contributed by atoms with Crippen LogP contribution in [0.1, 0.15) is 37.8 Å². The Morgan fingerprint density at radius 1 is 0.933 bits per heavy atom. The Morgan fingerprint density at radius 3 is 2.31 bits per heavy atom. The zero-order valence-corrected chi connectivity index (χ0v) is 27.2. The van der Waals surface area contributed by atoms with Gasteiger partial charge >= 0.3 is 0 Å². The summed E-state index contributed by atoms with van der Waals surface area (Å²) in [4.78, 5) is 20.6. The quantitative estimate of drug-likeness (QED) is 0.195. The monoisotopic (exact) mass is 639 g/mol. The molecule has 1 saturated heterocycles. The third-order valence-corrected chi connectivity index (χ3v) is 11.5. The molecule has 6 rings (SSSR count). The highest BCUT2D eigenvalue weighted by molar-refractivity contribution is 8.18. The number of benzene rings is 3. The molecule has 1 aromatic heterocycles. The van der Waals surface area contributed by atoms with Crippen LogP contribution in [0.4, 0.5) is 0 Å². The largest absolute Gasteiger partial charge is 0.351 e. The van der Waals surface area contributed by atoms with E-state index in [4.69, 9.17) is 5.10 Å². The second kappa shape index (κ2) is 13.6. The zero-order chi connectivity index (χ0) is 31.4. The number of sulfonamides is 1. The van der Waals surface area contributed by atoms with Crippen LogP contribution in [-0.4, -0.2) is 64.7 Å². The number of aromatic nitrogens is 2. The van der Waals surface area contributed by atoms with E-state index >= 15 is 0 Å². The van der Waals surface area contributed by atoms with Crippen LogP contribution in [0.15, 0.2) is 106 Å². The topological polar surface area (TPSA) is 87.9 Å². The lowest BCUT2D eigenvalue weighted by molar-refractivity contribution is -0.113. The van der Waals surface area contributed by atoms with Crippen LogP contribution in [0, 0.1) is 5.92 Å². The lowest BCUT2D eigenvalue weighted by atomic mass is 9.90. The minimum atomic E-state index is -3.66. The van der Waals surface area contributed by atoms with E-state index in [9.17, 15) is 13.2 Å². The van der Waals surface area contributed by atoms with Gasteiger partial charge in [-0.05, 0) is 72.8 Å². The number of aliphatic imine (C=N–C) groups is 1. The highest BCUT2D eigenvalue weighted by atomic mass is 32.2. The number of carbonyl (C=O) groups excluding carboxylic acids is 1. The molecular formula is C35H37N5O3S2. The van der Waals surface area contributed by atoms with Crippen molar-refractivity contribution in [2.24, 2.45) is 10.9 Å². The molecule has 1 amide bonds. The van der Waals surface area contributed by atoms with Gasteiger partial charge in [0.05, 0.1) is 15.5 Å². The number of thioether (sulfide) groups is 1. The van der Waals surface area contributed by atoms with Gasteiger partial charge in [-0.1, -0.05) is 74.5 Å². The third-order valence-electron chi connectivity index (χ3n) is 8.36. The first kappa shape index (κ1) is 31.0. The molecule has 3 heterocycles. The molecule has 0 bridgehead atoms. The molecule has 0 saturated carbocycles. The number of hydrogen-bond donors (Lipinski definition) is 0. The van der Waals surface area contributed by atoms with Crippen molar-refractivity contribution in [3.63, 3.8) is 0 Å². The second-order valence-corrected chi connectivity index (χ2v) is 14.2. The fraction of sp³-hybridized carbons (Fsp3) is 0.286. The Balaban J connectivity index is 1.26. The fourth-order valence-electron chi connectivity index (χ4n) is 5.90. The molecule has 0 unspecified atom stereocenters. The van der Waals surface area contributed by atoms with Crippen LogP contribution in [0.3, 0.4) is 0 Å². The van der Waals surface area contributed by atoms with Crippen LogP contribution in [0.2, 0.25) is 0 Å². The van der Waals surface area contributed by atoms with Gasteiger partial charge in [0.25, 0.3) is 5.91 Å².